The Balaban J connectivity index is 2.13. The molecule has 0 spiro atoms. The summed E-state index contributed by atoms with van der Waals surface area (Å²) in [5.74, 6) is 0. The molecule has 0 aliphatic carbocycles. The van der Waals surface area contributed by atoms with E-state index in [0.717, 1.165) is 27.8 Å². The van der Waals surface area contributed by atoms with Gasteiger partial charge in [-0.05, 0) is 27.8 Å². The first-order valence-electron chi connectivity index (χ1n) is 6.92. The van der Waals surface area contributed by atoms with Gasteiger partial charge in [0.1, 0.15) is 0 Å². The maximum absolute atomic E-state index is 9.37. The van der Waals surface area contributed by atoms with Crippen molar-refractivity contribution in [3.8, 4) is 0 Å². The van der Waals surface area contributed by atoms with Crippen molar-refractivity contribution < 1.29 is 9.84 Å². The van der Waals surface area contributed by atoms with Crippen LogP contribution < -0.4 is 0 Å². The molecule has 0 aromatic heterocycles. The van der Waals surface area contributed by atoms with Gasteiger partial charge in [0, 0.05) is 0 Å². The van der Waals surface area contributed by atoms with E-state index in [1.807, 2.05) is 42.5 Å². The lowest BCUT2D eigenvalue weighted by Gasteiger charge is -2.13. The van der Waals surface area contributed by atoms with Crippen LogP contribution in [0.5, 0.6) is 0 Å². The Bertz CT molecular complexity index is 615. The number of rotatable bonds is 7. The second kappa shape index (κ2) is 7.58. The molecule has 1 N–H and O–H groups in total. The lowest BCUT2D eigenvalue weighted by atomic mass is 9.96. The minimum Gasteiger partial charge on any atom is -0.392 e. The van der Waals surface area contributed by atoms with Crippen LogP contribution in [0.1, 0.15) is 27.8 Å². The van der Waals surface area contributed by atoms with Gasteiger partial charge in [0.05, 0.1) is 19.8 Å². The maximum Gasteiger partial charge on any atom is 0.0727 e. The van der Waals surface area contributed by atoms with Crippen molar-refractivity contribution in [1.82, 2.24) is 0 Å². The van der Waals surface area contributed by atoms with Gasteiger partial charge in [-0.15, -0.1) is 0 Å². The number of hydrogen-bond donors (Lipinski definition) is 1. The molecule has 0 radical (unpaired) electrons. The van der Waals surface area contributed by atoms with E-state index in [4.69, 9.17) is 4.74 Å². The van der Waals surface area contributed by atoms with E-state index in [1.165, 1.54) is 0 Å². The molecule has 21 heavy (non-hydrogen) atoms. The molecule has 2 rings (SSSR count). The molecule has 0 bridgehead atoms. The molecule has 2 aromatic rings. The van der Waals surface area contributed by atoms with Crippen molar-refractivity contribution in [1.29, 1.82) is 0 Å². The molecule has 0 aliphatic rings. The van der Waals surface area contributed by atoms with Crippen LogP contribution in [0.3, 0.4) is 0 Å². The van der Waals surface area contributed by atoms with Crippen LogP contribution in [-0.2, 0) is 24.6 Å². The molecular formula is C19H20O2. The number of benzene rings is 2. The molecule has 0 saturated heterocycles. The van der Waals surface area contributed by atoms with E-state index < -0.39 is 0 Å². The molecule has 2 nitrogen and oxygen atoms in total. The van der Waals surface area contributed by atoms with Gasteiger partial charge in [-0.2, -0.15) is 0 Å². The summed E-state index contributed by atoms with van der Waals surface area (Å²) in [5.41, 5.74) is 4.95. The molecule has 2 heteroatoms. The average Bonchev–Trinajstić information content (AvgIpc) is 2.55. The Hall–Kier alpha value is -2.16. The zero-order valence-corrected chi connectivity index (χ0v) is 12.1. The zero-order chi connectivity index (χ0) is 15.1. The molecule has 0 aliphatic heterocycles. The van der Waals surface area contributed by atoms with Crippen molar-refractivity contribution in [2.75, 3.05) is 0 Å². The maximum atomic E-state index is 9.37. The van der Waals surface area contributed by atoms with E-state index in [1.54, 1.807) is 12.2 Å². The quantitative estimate of drug-likeness (QED) is 0.824. The van der Waals surface area contributed by atoms with Crippen LogP contribution in [0.15, 0.2) is 55.6 Å². The number of ether oxygens (including phenoxy) is 1. The minimum absolute atomic E-state index is 0.00660. The van der Waals surface area contributed by atoms with E-state index in [9.17, 15) is 5.11 Å². The molecule has 0 amide bonds. The predicted octanol–water partition coefficient (Wildman–Crippen LogP) is 4.18. The second-order valence-corrected chi connectivity index (χ2v) is 4.76. The zero-order valence-electron chi connectivity index (χ0n) is 12.1. The smallest absolute Gasteiger partial charge is 0.0727 e. The summed E-state index contributed by atoms with van der Waals surface area (Å²) in [6.07, 6.45) is 3.54. The molecule has 2 aromatic carbocycles. The highest BCUT2D eigenvalue weighted by Gasteiger charge is 2.08. The van der Waals surface area contributed by atoms with Gasteiger partial charge in [-0.3, -0.25) is 0 Å². The molecular weight excluding hydrogens is 260 g/mol. The summed E-state index contributed by atoms with van der Waals surface area (Å²) < 4.78 is 5.78. The fourth-order valence-corrected chi connectivity index (χ4v) is 2.33. The third-order valence-electron chi connectivity index (χ3n) is 3.42. The van der Waals surface area contributed by atoms with Gasteiger partial charge in [0.2, 0.25) is 0 Å². The monoisotopic (exact) mass is 280 g/mol. The lowest BCUT2D eigenvalue weighted by molar-refractivity contribution is 0.107. The standard InChI is InChI=1S/C19H20O2/c1-3-18-16(12-20)10-11-17(19(18)4-2)14-21-13-15-8-6-5-7-9-15/h3-11,20H,1-2,12-14H2. The van der Waals surface area contributed by atoms with Gasteiger partial charge in [-0.1, -0.05) is 67.8 Å². The van der Waals surface area contributed by atoms with Crippen molar-refractivity contribution >= 4 is 12.2 Å². The van der Waals surface area contributed by atoms with Crippen LogP contribution >= 0.6 is 0 Å². The van der Waals surface area contributed by atoms with Crippen LogP contribution in [0.2, 0.25) is 0 Å². The first-order chi connectivity index (χ1) is 10.3. The summed E-state index contributed by atoms with van der Waals surface area (Å²) in [6.45, 7) is 8.74. The fraction of sp³-hybridized carbons (Fsp3) is 0.158. The Morgan fingerprint density at radius 3 is 2.10 bits per heavy atom. The minimum atomic E-state index is -0.00660. The molecule has 0 fully saturated rings. The Morgan fingerprint density at radius 2 is 1.48 bits per heavy atom. The van der Waals surface area contributed by atoms with Gasteiger partial charge < -0.3 is 9.84 Å². The highest BCUT2D eigenvalue weighted by atomic mass is 16.5. The predicted molar refractivity (Wildman–Crippen MR) is 87.5 cm³/mol. The third kappa shape index (κ3) is 3.69. The van der Waals surface area contributed by atoms with Crippen LogP contribution in [0.25, 0.3) is 12.2 Å². The molecule has 0 atom stereocenters. The SMILES string of the molecule is C=Cc1c(CO)ccc(COCc2ccccc2)c1C=C. The Labute approximate surface area is 126 Å². The second-order valence-electron chi connectivity index (χ2n) is 4.76. The van der Waals surface area contributed by atoms with E-state index in [0.29, 0.717) is 13.2 Å². The van der Waals surface area contributed by atoms with E-state index >= 15 is 0 Å². The first-order valence-corrected chi connectivity index (χ1v) is 6.92. The fourth-order valence-electron chi connectivity index (χ4n) is 2.33. The lowest BCUT2D eigenvalue weighted by Crippen LogP contribution is -2.00. The summed E-state index contributed by atoms with van der Waals surface area (Å²) in [6, 6.07) is 13.9. The summed E-state index contributed by atoms with van der Waals surface area (Å²) >= 11 is 0. The normalized spacial score (nSPS) is 10.3. The first kappa shape index (κ1) is 15.2. The van der Waals surface area contributed by atoms with Crippen molar-refractivity contribution in [3.63, 3.8) is 0 Å². The van der Waals surface area contributed by atoms with Crippen molar-refractivity contribution in [2.24, 2.45) is 0 Å². The summed E-state index contributed by atoms with van der Waals surface area (Å²) in [5, 5.41) is 9.37. The van der Waals surface area contributed by atoms with Crippen molar-refractivity contribution in [3.05, 3.63) is 83.4 Å². The number of aliphatic hydroxyl groups is 1. The molecule has 0 heterocycles. The number of aliphatic hydroxyl groups excluding tert-OH is 1. The average molecular weight is 280 g/mol. The third-order valence-corrected chi connectivity index (χ3v) is 3.42. The Morgan fingerprint density at radius 1 is 0.857 bits per heavy atom. The van der Waals surface area contributed by atoms with Crippen LogP contribution in [-0.4, -0.2) is 5.11 Å². The topological polar surface area (TPSA) is 29.5 Å². The largest absolute Gasteiger partial charge is 0.392 e. The van der Waals surface area contributed by atoms with E-state index in [-0.39, 0.29) is 6.61 Å². The van der Waals surface area contributed by atoms with Crippen LogP contribution in [0.4, 0.5) is 0 Å². The highest BCUT2D eigenvalue weighted by Crippen LogP contribution is 2.23. The molecule has 108 valence electrons. The van der Waals surface area contributed by atoms with E-state index in [2.05, 4.69) is 13.2 Å². The highest BCUT2D eigenvalue weighted by molar-refractivity contribution is 5.69. The molecule has 0 unspecified atom stereocenters. The van der Waals surface area contributed by atoms with Gasteiger partial charge >= 0.3 is 0 Å². The van der Waals surface area contributed by atoms with Crippen molar-refractivity contribution in [2.45, 2.75) is 19.8 Å². The summed E-state index contributed by atoms with van der Waals surface area (Å²) in [4.78, 5) is 0. The van der Waals surface area contributed by atoms with Gasteiger partial charge in [-0.25, -0.2) is 0 Å². The molecule has 0 saturated carbocycles. The number of hydrogen-bond acceptors (Lipinski definition) is 2. The van der Waals surface area contributed by atoms with Gasteiger partial charge in [0.15, 0.2) is 0 Å². The van der Waals surface area contributed by atoms with Crippen LogP contribution in [0, 0.1) is 0 Å². The van der Waals surface area contributed by atoms with Gasteiger partial charge in [0.25, 0.3) is 0 Å². The Kier molecular flexibility index (Phi) is 5.50. The summed E-state index contributed by atoms with van der Waals surface area (Å²) in [7, 11) is 0.